The molecular formula is C25H40N7O19P3S. The van der Waals surface area contributed by atoms with Gasteiger partial charge in [0.25, 0.3) is 0 Å². The maximum atomic E-state index is 12.6. The van der Waals surface area contributed by atoms with Crippen molar-refractivity contribution in [3.05, 3.63) is 12.7 Å². The minimum Gasteiger partial charge on any atom is -0.481 e. The number of imidazole rings is 1. The summed E-state index contributed by atoms with van der Waals surface area (Å²) in [6.07, 6.45) is -7.65. The number of rotatable bonds is 23. The summed E-state index contributed by atoms with van der Waals surface area (Å²) < 4.78 is 61.9. The predicted molar refractivity (Wildman–Crippen MR) is 184 cm³/mol. The standard InChI is InChI=1S/C25H40N7O19P3S/c1-25(2,20(38)23(39)28-4-3-15(34)27-5-6-55-9-13(33)7-16(35)36)10-48-54(45,46)51-53(43,44)47-8-14-19(50-52(40,41)42)18(37)24(49-14)32-12-31-17-21(26)29-11-30-22(17)32/h11-12,14,18-20,24,37-38H,3-10H2,1-2H3,(H,27,34)(H,28,39)(H,35,36)(H,43,44)(H,45,46)(H2,26,29,30)(H2,40,41,42). The molecule has 30 heteroatoms. The predicted octanol–water partition coefficient (Wildman–Crippen LogP) is -1.82. The number of amides is 2. The average molecular weight is 868 g/mol. The number of nitrogens with zero attached hydrogens (tertiary/aromatic N) is 4. The number of aliphatic carboxylic acids is 1. The van der Waals surface area contributed by atoms with Gasteiger partial charge in [-0.3, -0.25) is 37.3 Å². The van der Waals surface area contributed by atoms with Crippen LogP contribution in [-0.4, -0.2) is 140 Å². The number of nitrogens with one attached hydrogen (secondary N) is 2. The number of carbonyl (C=O) groups excluding carboxylic acids is 3. The summed E-state index contributed by atoms with van der Waals surface area (Å²) in [6.45, 7) is 0.309. The van der Waals surface area contributed by atoms with Crippen LogP contribution in [0.1, 0.15) is 32.9 Å². The number of hydrogen-bond donors (Lipinski definition) is 10. The largest absolute Gasteiger partial charge is 0.481 e. The molecule has 2 aromatic heterocycles. The highest BCUT2D eigenvalue weighted by molar-refractivity contribution is 7.99. The second-order valence-corrected chi connectivity index (χ2v) is 17.6. The van der Waals surface area contributed by atoms with Crippen LogP contribution in [0.15, 0.2) is 12.7 Å². The van der Waals surface area contributed by atoms with Crippen molar-refractivity contribution in [3.63, 3.8) is 0 Å². The number of phosphoric ester groups is 3. The third kappa shape index (κ3) is 14.5. The maximum Gasteiger partial charge on any atom is 0.481 e. The zero-order chi connectivity index (χ0) is 41.4. The number of ketones is 1. The van der Waals surface area contributed by atoms with E-state index in [1.165, 1.54) is 13.8 Å². The average Bonchev–Trinajstić information content (AvgIpc) is 3.62. The molecule has 7 unspecified atom stereocenters. The highest BCUT2D eigenvalue weighted by Gasteiger charge is 2.50. The van der Waals surface area contributed by atoms with Crippen molar-refractivity contribution in [3.8, 4) is 0 Å². The van der Waals surface area contributed by atoms with Crippen molar-refractivity contribution in [2.75, 3.05) is 43.5 Å². The molecule has 11 N–H and O–H groups in total. The zero-order valence-electron chi connectivity index (χ0n) is 28.8. The van der Waals surface area contributed by atoms with Gasteiger partial charge in [-0.15, -0.1) is 0 Å². The number of aliphatic hydroxyl groups excluding tert-OH is 2. The van der Waals surface area contributed by atoms with E-state index in [2.05, 4.69) is 34.4 Å². The number of phosphoric acid groups is 3. The van der Waals surface area contributed by atoms with Gasteiger partial charge in [-0.25, -0.2) is 28.6 Å². The first-order chi connectivity index (χ1) is 25.4. The molecule has 1 fully saturated rings. The lowest BCUT2D eigenvalue weighted by Gasteiger charge is -2.30. The first kappa shape index (κ1) is 46.4. The van der Waals surface area contributed by atoms with E-state index in [9.17, 15) is 62.7 Å². The Balaban J connectivity index is 1.49. The topological polar surface area (TPSA) is 401 Å². The van der Waals surface area contributed by atoms with Crippen molar-refractivity contribution < 1.29 is 90.4 Å². The Morgan fingerprint density at radius 2 is 1.73 bits per heavy atom. The molecule has 3 heterocycles. The van der Waals surface area contributed by atoms with Crippen LogP contribution in [0.3, 0.4) is 0 Å². The molecule has 7 atom stereocenters. The van der Waals surface area contributed by atoms with Gasteiger partial charge >= 0.3 is 29.4 Å². The Bertz CT molecular complexity index is 1850. The van der Waals surface area contributed by atoms with Crippen molar-refractivity contribution in [2.24, 2.45) is 5.41 Å². The van der Waals surface area contributed by atoms with Crippen molar-refractivity contribution in [1.82, 2.24) is 30.2 Å². The smallest absolute Gasteiger partial charge is 0.481 e. The number of aliphatic hydroxyl groups is 2. The molecule has 0 aliphatic carbocycles. The first-order valence-electron chi connectivity index (χ1n) is 15.6. The maximum absolute atomic E-state index is 12.6. The van der Waals surface area contributed by atoms with Crippen LogP contribution in [0, 0.1) is 5.41 Å². The molecule has 3 rings (SSSR count). The summed E-state index contributed by atoms with van der Waals surface area (Å²) in [5, 5.41) is 34.7. The molecule has 0 bridgehead atoms. The van der Waals surface area contributed by atoms with E-state index in [1.807, 2.05) is 0 Å². The number of fused-ring (bicyclic) bond motifs is 1. The van der Waals surface area contributed by atoms with Crippen molar-refractivity contribution >= 4 is 75.8 Å². The Labute approximate surface area is 314 Å². The number of ether oxygens (including phenoxy) is 1. The summed E-state index contributed by atoms with van der Waals surface area (Å²) in [5.41, 5.74) is 4.20. The number of nitrogens with two attached hydrogens (primary N) is 1. The summed E-state index contributed by atoms with van der Waals surface area (Å²) >= 11 is 1.12. The van der Waals surface area contributed by atoms with Crippen LogP contribution in [-0.2, 0) is 55.5 Å². The van der Waals surface area contributed by atoms with E-state index >= 15 is 0 Å². The van der Waals surface area contributed by atoms with Gasteiger partial charge < -0.3 is 56.0 Å². The molecule has 1 aliphatic heterocycles. The van der Waals surface area contributed by atoms with E-state index < -0.39 is 103 Å². The molecule has 310 valence electrons. The highest BCUT2D eigenvalue weighted by Crippen LogP contribution is 2.61. The van der Waals surface area contributed by atoms with E-state index in [0.29, 0.717) is 5.75 Å². The van der Waals surface area contributed by atoms with Gasteiger partial charge in [-0.1, -0.05) is 13.8 Å². The molecule has 1 saturated heterocycles. The van der Waals surface area contributed by atoms with E-state index in [-0.39, 0.29) is 42.2 Å². The normalized spacial score (nSPS) is 21.7. The van der Waals surface area contributed by atoms with Gasteiger partial charge in [0.2, 0.25) is 11.8 Å². The van der Waals surface area contributed by atoms with Gasteiger partial charge in [0.1, 0.15) is 42.7 Å². The summed E-state index contributed by atoms with van der Waals surface area (Å²) in [6, 6.07) is 0. The number of hydrogen-bond acceptors (Lipinski definition) is 19. The quantitative estimate of drug-likeness (QED) is 0.0334. The van der Waals surface area contributed by atoms with Crippen molar-refractivity contribution in [1.29, 1.82) is 0 Å². The minimum absolute atomic E-state index is 0.0204. The number of nitrogen functional groups attached to an aromatic ring is 1. The van der Waals surface area contributed by atoms with Crippen molar-refractivity contribution in [2.45, 2.75) is 57.3 Å². The van der Waals surface area contributed by atoms with Crippen LogP contribution >= 0.6 is 35.2 Å². The summed E-state index contributed by atoms with van der Waals surface area (Å²) in [7, 11) is -16.4. The highest BCUT2D eigenvalue weighted by atomic mass is 32.2. The zero-order valence-corrected chi connectivity index (χ0v) is 32.3. The van der Waals surface area contributed by atoms with Gasteiger partial charge in [-0.05, 0) is 0 Å². The van der Waals surface area contributed by atoms with E-state index in [1.54, 1.807) is 0 Å². The van der Waals surface area contributed by atoms with Crippen LogP contribution in [0.2, 0.25) is 0 Å². The second kappa shape index (κ2) is 19.5. The molecule has 55 heavy (non-hydrogen) atoms. The Kier molecular flexibility index (Phi) is 16.4. The molecule has 1 aliphatic rings. The van der Waals surface area contributed by atoms with Gasteiger partial charge in [0.05, 0.1) is 25.3 Å². The summed E-state index contributed by atoms with van der Waals surface area (Å²) in [4.78, 5) is 97.1. The fraction of sp³-hybridized carbons (Fsp3) is 0.640. The molecule has 0 radical (unpaired) electrons. The third-order valence-corrected chi connectivity index (χ3v) is 11.4. The minimum atomic E-state index is -5.58. The Hall–Kier alpha value is -2.97. The van der Waals surface area contributed by atoms with Gasteiger partial charge in [0.15, 0.2) is 23.5 Å². The lowest BCUT2D eigenvalue weighted by molar-refractivity contribution is -0.140. The third-order valence-electron chi connectivity index (χ3n) is 7.26. The van der Waals surface area contributed by atoms with E-state index in [4.69, 9.17) is 24.6 Å². The molecule has 0 aromatic carbocycles. The lowest BCUT2D eigenvalue weighted by Crippen LogP contribution is -2.46. The molecule has 0 spiro atoms. The second-order valence-electron chi connectivity index (χ2n) is 12.2. The molecule has 0 saturated carbocycles. The van der Waals surface area contributed by atoms with Gasteiger partial charge in [0, 0.05) is 30.7 Å². The monoisotopic (exact) mass is 867 g/mol. The number of carboxylic acid groups (broad SMARTS) is 1. The fourth-order valence-electron chi connectivity index (χ4n) is 4.61. The Morgan fingerprint density at radius 1 is 1.05 bits per heavy atom. The number of anilines is 1. The lowest BCUT2D eigenvalue weighted by atomic mass is 9.87. The summed E-state index contributed by atoms with van der Waals surface area (Å²) in [5.74, 6) is -2.99. The SMILES string of the molecule is CC(C)(COP(=O)(O)OP(=O)(O)OCC1OC(n2cnc3c(N)ncnc32)C(O)C1OP(=O)(O)O)C(O)C(=O)NCCC(=O)NCCSCC(=O)CC(=O)O. The molecular weight excluding hydrogens is 827 g/mol. The number of carboxylic acids is 1. The van der Waals surface area contributed by atoms with Gasteiger partial charge in [-0.2, -0.15) is 16.1 Å². The van der Waals surface area contributed by atoms with Crippen LogP contribution in [0.25, 0.3) is 11.2 Å². The van der Waals surface area contributed by atoms with Crippen LogP contribution in [0.5, 0.6) is 0 Å². The molecule has 2 aromatic rings. The number of carbonyl (C=O) groups is 4. The van der Waals surface area contributed by atoms with Crippen LogP contribution in [0.4, 0.5) is 5.82 Å². The number of aromatic nitrogens is 4. The first-order valence-corrected chi connectivity index (χ1v) is 21.3. The molecule has 2 amide bonds. The Morgan fingerprint density at radius 3 is 2.38 bits per heavy atom. The van der Waals surface area contributed by atoms with E-state index in [0.717, 1.165) is 29.0 Å². The van der Waals surface area contributed by atoms with Crippen LogP contribution < -0.4 is 16.4 Å². The fourth-order valence-corrected chi connectivity index (χ4v) is 8.16. The number of Topliss-reactive ketones (excluding diaryl/α,β-unsaturated/α-hetero) is 1. The number of thioether (sulfide) groups is 1. The molecule has 26 nitrogen and oxygen atoms in total.